The van der Waals surface area contributed by atoms with Crippen molar-refractivity contribution in [1.29, 1.82) is 0 Å². The Kier molecular flexibility index (Phi) is 4.39. The number of aromatic nitrogens is 4. The van der Waals surface area contributed by atoms with E-state index in [0.717, 1.165) is 6.20 Å². The molecule has 0 spiro atoms. The molecule has 7 heteroatoms. The molecule has 0 saturated heterocycles. The maximum Gasteiger partial charge on any atom is 0.322 e. The van der Waals surface area contributed by atoms with Crippen LogP contribution >= 0.6 is 0 Å². The Hall–Kier alpha value is -2.31. The summed E-state index contributed by atoms with van der Waals surface area (Å²) in [5.41, 5.74) is 0.259. The van der Waals surface area contributed by atoms with E-state index in [1.807, 2.05) is 20.8 Å². The van der Waals surface area contributed by atoms with Gasteiger partial charge < -0.3 is 10.1 Å². The van der Waals surface area contributed by atoms with E-state index >= 15 is 0 Å². The average molecular weight is 277 g/mol. The van der Waals surface area contributed by atoms with Gasteiger partial charge in [0.1, 0.15) is 0 Å². The van der Waals surface area contributed by atoms with Gasteiger partial charge >= 0.3 is 6.01 Å². The van der Waals surface area contributed by atoms with Crippen LogP contribution < -0.4 is 10.1 Å². The molecule has 0 unspecified atom stereocenters. The van der Waals surface area contributed by atoms with Gasteiger partial charge in [-0.25, -0.2) is 4.39 Å². The van der Waals surface area contributed by atoms with Gasteiger partial charge in [0, 0.05) is 12.7 Å². The molecule has 0 radical (unpaired) electrons. The summed E-state index contributed by atoms with van der Waals surface area (Å²) in [6.45, 7) is 6.29. The van der Waals surface area contributed by atoms with Gasteiger partial charge in [-0.15, -0.1) is 0 Å². The third kappa shape index (κ3) is 3.37. The molecular formula is C13H16FN5O. The minimum Gasteiger partial charge on any atom is -0.461 e. The van der Waals surface area contributed by atoms with E-state index < -0.39 is 5.82 Å². The SMILES string of the molecule is CCNc1nc(OC(C)C)nc(-c2ccncc2F)n1. The molecule has 2 aromatic heterocycles. The largest absolute Gasteiger partial charge is 0.461 e. The van der Waals surface area contributed by atoms with Crippen LogP contribution in [0.2, 0.25) is 0 Å². The fourth-order valence-electron chi connectivity index (χ4n) is 1.53. The Labute approximate surface area is 116 Å². The van der Waals surface area contributed by atoms with Gasteiger partial charge in [-0.3, -0.25) is 4.98 Å². The first-order chi connectivity index (χ1) is 9.60. The second kappa shape index (κ2) is 6.23. The first kappa shape index (κ1) is 14.1. The van der Waals surface area contributed by atoms with E-state index in [-0.39, 0.29) is 23.5 Å². The lowest BCUT2D eigenvalue weighted by atomic mass is 10.2. The number of ether oxygens (including phenoxy) is 1. The predicted octanol–water partition coefficient (Wildman–Crippen LogP) is 2.29. The Balaban J connectivity index is 2.46. The van der Waals surface area contributed by atoms with Crippen LogP contribution in [0.15, 0.2) is 18.5 Å². The number of hydrogen-bond donors (Lipinski definition) is 1. The molecule has 0 aliphatic carbocycles. The van der Waals surface area contributed by atoms with Gasteiger partial charge in [0.2, 0.25) is 5.95 Å². The van der Waals surface area contributed by atoms with E-state index in [9.17, 15) is 4.39 Å². The molecule has 1 N–H and O–H groups in total. The van der Waals surface area contributed by atoms with Gasteiger partial charge in [-0.1, -0.05) is 0 Å². The van der Waals surface area contributed by atoms with Crippen molar-refractivity contribution < 1.29 is 9.13 Å². The standard InChI is InChI=1S/C13H16FN5O/c1-4-16-12-17-11(9-5-6-15-7-10(9)14)18-13(19-12)20-8(2)3/h5-8H,4H2,1-3H3,(H,16,17,18,19). The second-order valence-corrected chi connectivity index (χ2v) is 4.32. The summed E-state index contributed by atoms with van der Waals surface area (Å²) in [5, 5.41) is 2.97. The molecule has 0 fully saturated rings. The fraction of sp³-hybridized carbons (Fsp3) is 0.385. The van der Waals surface area contributed by atoms with Gasteiger partial charge in [0.25, 0.3) is 0 Å². The Morgan fingerprint density at radius 3 is 2.75 bits per heavy atom. The molecule has 6 nitrogen and oxygen atoms in total. The second-order valence-electron chi connectivity index (χ2n) is 4.32. The number of anilines is 1. The molecule has 106 valence electrons. The highest BCUT2D eigenvalue weighted by atomic mass is 19.1. The molecule has 0 bridgehead atoms. The molecule has 0 amide bonds. The highest BCUT2D eigenvalue weighted by molar-refractivity contribution is 5.56. The van der Waals surface area contributed by atoms with Gasteiger partial charge in [0.05, 0.1) is 17.9 Å². The number of pyridine rings is 1. The Morgan fingerprint density at radius 2 is 2.10 bits per heavy atom. The lowest BCUT2D eigenvalue weighted by Gasteiger charge is -2.11. The number of hydrogen-bond acceptors (Lipinski definition) is 6. The number of rotatable bonds is 5. The molecule has 2 heterocycles. The van der Waals surface area contributed by atoms with Crippen molar-refractivity contribution in [1.82, 2.24) is 19.9 Å². The maximum absolute atomic E-state index is 13.8. The van der Waals surface area contributed by atoms with Crippen LogP contribution in [0, 0.1) is 5.82 Å². The minimum absolute atomic E-state index is 0.0815. The smallest absolute Gasteiger partial charge is 0.322 e. The zero-order chi connectivity index (χ0) is 14.5. The first-order valence-corrected chi connectivity index (χ1v) is 6.36. The zero-order valence-electron chi connectivity index (χ0n) is 11.6. The topological polar surface area (TPSA) is 72.8 Å². The normalized spacial score (nSPS) is 10.7. The van der Waals surface area contributed by atoms with Crippen molar-refractivity contribution in [3.05, 3.63) is 24.3 Å². The molecular weight excluding hydrogens is 261 g/mol. The maximum atomic E-state index is 13.8. The molecule has 0 aliphatic heterocycles. The predicted molar refractivity (Wildman–Crippen MR) is 72.9 cm³/mol. The van der Waals surface area contributed by atoms with Crippen LogP contribution in [0.4, 0.5) is 10.3 Å². The van der Waals surface area contributed by atoms with Crippen molar-refractivity contribution in [2.45, 2.75) is 26.9 Å². The fourth-order valence-corrected chi connectivity index (χ4v) is 1.53. The first-order valence-electron chi connectivity index (χ1n) is 6.36. The minimum atomic E-state index is -0.489. The Bertz CT molecular complexity index is 591. The van der Waals surface area contributed by atoms with Crippen molar-refractivity contribution in [2.75, 3.05) is 11.9 Å². The van der Waals surface area contributed by atoms with Crippen LogP contribution in [-0.4, -0.2) is 32.6 Å². The number of nitrogens with zero attached hydrogens (tertiary/aromatic N) is 4. The Morgan fingerprint density at radius 1 is 1.30 bits per heavy atom. The molecule has 0 atom stereocenters. The zero-order valence-corrected chi connectivity index (χ0v) is 11.6. The van der Waals surface area contributed by atoms with E-state index in [4.69, 9.17) is 4.74 Å². The molecule has 0 saturated carbocycles. The monoisotopic (exact) mass is 277 g/mol. The molecule has 20 heavy (non-hydrogen) atoms. The van der Waals surface area contributed by atoms with Crippen LogP contribution in [0.5, 0.6) is 6.01 Å². The van der Waals surface area contributed by atoms with Gasteiger partial charge in [-0.2, -0.15) is 15.0 Å². The number of nitrogens with one attached hydrogen (secondary N) is 1. The summed E-state index contributed by atoms with van der Waals surface area (Å²) in [6, 6.07) is 1.68. The van der Waals surface area contributed by atoms with Gasteiger partial charge in [-0.05, 0) is 26.8 Å². The van der Waals surface area contributed by atoms with E-state index in [1.165, 1.54) is 12.3 Å². The van der Waals surface area contributed by atoms with E-state index in [1.54, 1.807) is 0 Å². The highest BCUT2D eigenvalue weighted by Gasteiger charge is 2.13. The summed E-state index contributed by atoms with van der Waals surface area (Å²) in [4.78, 5) is 16.1. The van der Waals surface area contributed by atoms with Crippen LogP contribution in [0.3, 0.4) is 0 Å². The van der Waals surface area contributed by atoms with Gasteiger partial charge in [0.15, 0.2) is 11.6 Å². The molecule has 2 aromatic rings. The highest BCUT2D eigenvalue weighted by Crippen LogP contribution is 2.21. The van der Waals surface area contributed by atoms with Crippen LogP contribution in [0.1, 0.15) is 20.8 Å². The molecule has 0 aliphatic rings. The summed E-state index contributed by atoms with van der Waals surface area (Å²) in [7, 11) is 0. The molecule has 0 aromatic carbocycles. The third-order valence-corrected chi connectivity index (χ3v) is 2.30. The van der Waals surface area contributed by atoms with Crippen molar-refractivity contribution in [2.24, 2.45) is 0 Å². The summed E-state index contributed by atoms with van der Waals surface area (Å²) in [5.74, 6) is 0.0764. The van der Waals surface area contributed by atoms with Crippen LogP contribution in [-0.2, 0) is 0 Å². The summed E-state index contributed by atoms with van der Waals surface area (Å²) in [6.07, 6.45) is 2.52. The van der Waals surface area contributed by atoms with Crippen molar-refractivity contribution in [3.63, 3.8) is 0 Å². The summed E-state index contributed by atoms with van der Waals surface area (Å²) < 4.78 is 19.2. The van der Waals surface area contributed by atoms with Crippen molar-refractivity contribution in [3.8, 4) is 17.4 Å². The van der Waals surface area contributed by atoms with Crippen LogP contribution in [0.25, 0.3) is 11.4 Å². The molecule has 2 rings (SSSR count). The van der Waals surface area contributed by atoms with E-state index in [2.05, 4.69) is 25.3 Å². The van der Waals surface area contributed by atoms with E-state index in [0.29, 0.717) is 12.5 Å². The third-order valence-electron chi connectivity index (χ3n) is 2.30. The quantitative estimate of drug-likeness (QED) is 0.904. The number of halogens is 1. The average Bonchev–Trinajstić information content (AvgIpc) is 2.38. The van der Waals surface area contributed by atoms with Crippen molar-refractivity contribution >= 4 is 5.95 Å². The lowest BCUT2D eigenvalue weighted by molar-refractivity contribution is 0.222. The lowest BCUT2D eigenvalue weighted by Crippen LogP contribution is -2.12. The summed E-state index contributed by atoms with van der Waals surface area (Å²) >= 11 is 0.